The SMILES string of the molecule is Cc1cccc2nc(-c3ccc(F)cc3)oc12. The number of benzene rings is 2. The minimum atomic E-state index is -0.263. The van der Waals surface area contributed by atoms with E-state index in [2.05, 4.69) is 4.98 Å². The van der Waals surface area contributed by atoms with Gasteiger partial charge in [0.2, 0.25) is 5.89 Å². The Bertz CT molecular complexity index is 670. The van der Waals surface area contributed by atoms with E-state index in [0.717, 1.165) is 22.2 Å². The van der Waals surface area contributed by atoms with Gasteiger partial charge in [0, 0.05) is 5.56 Å². The molecule has 3 heteroatoms. The molecule has 2 nitrogen and oxygen atoms in total. The molecule has 0 saturated heterocycles. The van der Waals surface area contributed by atoms with Crippen LogP contribution in [0.1, 0.15) is 5.56 Å². The first-order chi connectivity index (χ1) is 8.24. The first-order valence-corrected chi connectivity index (χ1v) is 5.36. The molecular formula is C14H10FNO. The molecule has 1 heterocycles. The van der Waals surface area contributed by atoms with Gasteiger partial charge in [-0.2, -0.15) is 0 Å². The fourth-order valence-electron chi connectivity index (χ4n) is 1.80. The number of rotatable bonds is 1. The van der Waals surface area contributed by atoms with Gasteiger partial charge in [-0.3, -0.25) is 0 Å². The van der Waals surface area contributed by atoms with E-state index in [9.17, 15) is 4.39 Å². The predicted octanol–water partition coefficient (Wildman–Crippen LogP) is 3.94. The van der Waals surface area contributed by atoms with Gasteiger partial charge < -0.3 is 4.42 Å². The average molecular weight is 227 g/mol. The molecule has 3 rings (SSSR count). The van der Waals surface area contributed by atoms with Crippen LogP contribution >= 0.6 is 0 Å². The Kier molecular flexibility index (Phi) is 2.18. The van der Waals surface area contributed by atoms with E-state index in [1.165, 1.54) is 12.1 Å². The van der Waals surface area contributed by atoms with Crippen molar-refractivity contribution in [2.75, 3.05) is 0 Å². The Labute approximate surface area is 97.7 Å². The summed E-state index contributed by atoms with van der Waals surface area (Å²) in [6.07, 6.45) is 0. The highest BCUT2D eigenvalue weighted by Gasteiger charge is 2.09. The monoisotopic (exact) mass is 227 g/mol. The summed E-state index contributed by atoms with van der Waals surface area (Å²) < 4.78 is 18.5. The molecule has 84 valence electrons. The van der Waals surface area contributed by atoms with E-state index in [0.29, 0.717) is 5.89 Å². The topological polar surface area (TPSA) is 26.0 Å². The summed E-state index contributed by atoms with van der Waals surface area (Å²) >= 11 is 0. The van der Waals surface area contributed by atoms with Gasteiger partial charge in [-0.15, -0.1) is 0 Å². The maximum atomic E-state index is 12.8. The van der Waals surface area contributed by atoms with Crippen molar-refractivity contribution in [1.82, 2.24) is 4.98 Å². The molecule has 0 aliphatic rings. The van der Waals surface area contributed by atoms with Gasteiger partial charge in [0.1, 0.15) is 11.3 Å². The second-order valence-electron chi connectivity index (χ2n) is 3.95. The van der Waals surface area contributed by atoms with Gasteiger partial charge in [-0.05, 0) is 42.8 Å². The summed E-state index contributed by atoms with van der Waals surface area (Å²) in [7, 11) is 0. The van der Waals surface area contributed by atoms with Crippen LogP contribution in [0, 0.1) is 12.7 Å². The molecule has 0 atom stereocenters. The Morgan fingerprint density at radius 3 is 2.53 bits per heavy atom. The molecule has 0 saturated carbocycles. The summed E-state index contributed by atoms with van der Waals surface area (Å²) in [4.78, 5) is 4.38. The first kappa shape index (κ1) is 10.0. The molecule has 0 aliphatic carbocycles. The second kappa shape index (κ2) is 3.70. The number of oxazole rings is 1. The molecule has 0 fully saturated rings. The smallest absolute Gasteiger partial charge is 0.227 e. The highest BCUT2D eigenvalue weighted by molar-refractivity contribution is 5.79. The quantitative estimate of drug-likeness (QED) is 0.629. The van der Waals surface area contributed by atoms with Gasteiger partial charge in [0.25, 0.3) is 0 Å². The summed E-state index contributed by atoms with van der Waals surface area (Å²) in [6, 6.07) is 11.9. The Balaban J connectivity index is 2.18. The molecule has 0 amide bonds. The number of hydrogen-bond acceptors (Lipinski definition) is 2. The van der Waals surface area contributed by atoms with E-state index >= 15 is 0 Å². The van der Waals surface area contributed by atoms with Crippen LogP contribution in [0.4, 0.5) is 4.39 Å². The van der Waals surface area contributed by atoms with Crippen molar-refractivity contribution in [3.8, 4) is 11.5 Å². The molecular weight excluding hydrogens is 217 g/mol. The zero-order valence-corrected chi connectivity index (χ0v) is 9.27. The van der Waals surface area contributed by atoms with Gasteiger partial charge in [-0.25, -0.2) is 9.37 Å². The standard InChI is InChI=1S/C14H10FNO/c1-9-3-2-4-12-13(9)17-14(16-12)10-5-7-11(15)8-6-10/h2-8H,1H3. The lowest BCUT2D eigenvalue weighted by atomic mass is 10.2. The predicted molar refractivity (Wildman–Crippen MR) is 64.1 cm³/mol. The van der Waals surface area contributed by atoms with Crippen LogP contribution in [-0.4, -0.2) is 4.98 Å². The van der Waals surface area contributed by atoms with Crippen molar-refractivity contribution in [3.05, 3.63) is 53.8 Å². The highest BCUT2D eigenvalue weighted by atomic mass is 19.1. The molecule has 17 heavy (non-hydrogen) atoms. The first-order valence-electron chi connectivity index (χ1n) is 5.36. The number of para-hydroxylation sites is 1. The molecule has 2 aromatic carbocycles. The molecule has 0 aliphatic heterocycles. The molecule has 3 aromatic rings. The normalized spacial score (nSPS) is 10.9. The Morgan fingerprint density at radius 2 is 1.82 bits per heavy atom. The lowest BCUT2D eigenvalue weighted by Crippen LogP contribution is -1.77. The van der Waals surface area contributed by atoms with E-state index in [1.54, 1.807) is 12.1 Å². The molecule has 0 N–H and O–H groups in total. The number of fused-ring (bicyclic) bond motifs is 1. The summed E-state index contributed by atoms with van der Waals surface area (Å²) in [6.45, 7) is 1.97. The molecule has 0 bridgehead atoms. The number of halogens is 1. The Morgan fingerprint density at radius 1 is 1.06 bits per heavy atom. The molecule has 0 spiro atoms. The minimum absolute atomic E-state index is 0.263. The molecule has 0 unspecified atom stereocenters. The van der Waals surface area contributed by atoms with Crippen molar-refractivity contribution < 1.29 is 8.81 Å². The van der Waals surface area contributed by atoms with Gasteiger partial charge in [0.15, 0.2) is 5.58 Å². The second-order valence-corrected chi connectivity index (χ2v) is 3.95. The van der Waals surface area contributed by atoms with E-state index in [4.69, 9.17) is 4.42 Å². The van der Waals surface area contributed by atoms with Crippen LogP contribution in [0.25, 0.3) is 22.6 Å². The maximum absolute atomic E-state index is 12.8. The van der Waals surface area contributed by atoms with Crippen LogP contribution in [0.5, 0.6) is 0 Å². The van der Waals surface area contributed by atoms with Crippen LogP contribution in [0.3, 0.4) is 0 Å². The largest absolute Gasteiger partial charge is 0.436 e. The van der Waals surface area contributed by atoms with Crippen LogP contribution < -0.4 is 0 Å². The van der Waals surface area contributed by atoms with Crippen LogP contribution in [-0.2, 0) is 0 Å². The highest BCUT2D eigenvalue weighted by Crippen LogP contribution is 2.26. The number of aromatic nitrogens is 1. The Hall–Kier alpha value is -2.16. The van der Waals surface area contributed by atoms with Gasteiger partial charge >= 0.3 is 0 Å². The zero-order chi connectivity index (χ0) is 11.8. The number of aryl methyl sites for hydroxylation is 1. The lowest BCUT2D eigenvalue weighted by molar-refractivity contribution is 0.614. The fraction of sp³-hybridized carbons (Fsp3) is 0.0714. The third-order valence-corrected chi connectivity index (χ3v) is 2.70. The zero-order valence-electron chi connectivity index (χ0n) is 9.27. The van der Waals surface area contributed by atoms with Crippen molar-refractivity contribution >= 4 is 11.1 Å². The van der Waals surface area contributed by atoms with Crippen molar-refractivity contribution in [3.63, 3.8) is 0 Å². The van der Waals surface area contributed by atoms with E-state index in [-0.39, 0.29) is 5.82 Å². The maximum Gasteiger partial charge on any atom is 0.227 e. The summed E-state index contributed by atoms with van der Waals surface area (Å²) in [5.74, 6) is 0.260. The van der Waals surface area contributed by atoms with E-state index < -0.39 is 0 Å². The molecule has 0 radical (unpaired) electrons. The van der Waals surface area contributed by atoms with Crippen molar-refractivity contribution in [1.29, 1.82) is 0 Å². The van der Waals surface area contributed by atoms with Crippen molar-refractivity contribution in [2.45, 2.75) is 6.92 Å². The van der Waals surface area contributed by atoms with E-state index in [1.807, 2.05) is 25.1 Å². The third kappa shape index (κ3) is 1.69. The fourth-order valence-corrected chi connectivity index (χ4v) is 1.80. The van der Waals surface area contributed by atoms with Crippen LogP contribution in [0.2, 0.25) is 0 Å². The van der Waals surface area contributed by atoms with Crippen molar-refractivity contribution in [2.24, 2.45) is 0 Å². The minimum Gasteiger partial charge on any atom is -0.436 e. The lowest BCUT2D eigenvalue weighted by Gasteiger charge is -1.94. The third-order valence-electron chi connectivity index (χ3n) is 2.70. The van der Waals surface area contributed by atoms with Crippen LogP contribution in [0.15, 0.2) is 46.9 Å². The average Bonchev–Trinajstić information content (AvgIpc) is 2.75. The molecule has 1 aromatic heterocycles. The van der Waals surface area contributed by atoms with Gasteiger partial charge in [0.05, 0.1) is 0 Å². The van der Waals surface area contributed by atoms with Gasteiger partial charge in [-0.1, -0.05) is 12.1 Å². The summed E-state index contributed by atoms with van der Waals surface area (Å²) in [5, 5.41) is 0. The number of nitrogens with zero attached hydrogens (tertiary/aromatic N) is 1. The summed E-state index contributed by atoms with van der Waals surface area (Å²) in [5.41, 5.74) is 3.43. The number of hydrogen-bond donors (Lipinski definition) is 0.